The second kappa shape index (κ2) is 9.30. The van der Waals surface area contributed by atoms with Crippen molar-refractivity contribution in [3.05, 3.63) is 95.4 Å². The first kappa shape index (κ1) is 21.8. The number of hydrogen-bond donors (Lipinski definition) is 3. The highest BCUT2D eigenvalue weighted by molar-refractivity contribution is 5.98. The molecular weight excluding hydrogens is 394 g/mol. The van der Waals surface area contributed by atoms with E-state index in [1.165, 1.54) is 12.3 Å². The molecule has 0 bridgehead atoms. The molecule has 1 unspecified atom stereocenters. The Morgan fingerprint density at radius 1 is 0.806 bits per heavy atom. The van der Waals surface area contributed by atoms with E-state index in [9.17, 15) is 14.4 Å². The van der Waals surface area contributed by atoms with Crippen LogP contribution in [0.5, 0.6) is 0 Å². The standard InChI is InChI=1S/C24H25N3O4/c1-24(2,3)18-13-11-17(12-14-18)21(28)26-27-23(30)20(16-8-5-4-6-9-16)25-22(29)19-10-7-15-31-19/h4-15,20H,1-3H3,(H,25,29)(H,26,28)(H,27,30). The maximum atomic E-state index is 12.8. The molecule has 0 aliphatic carbocycles. The van der Waals surface area contributed by atoms with E-state index < -0.39 is 23.8 Å². The highest BCUT2D eigenvalue weighted by Crippen LogP contribution is 2.22. The molecule has 0 saturated carbocycles. The predicted molar refractivity (Wildman–Crippen MR) is 116 cm³/mol. The van der Waals surface area contributed by atoms with Gasteiger partial charge in [-0.25, -0.2) is 0 Å². The lowest BCUT2D eigenvalue weighted by atomic mass is 9.87. The van der Waals surface area contributed by atoms with E-state index in [0.29, 0.717) is 11.1 Å². The van der Waals surface area contributed by atoms with E-state index >= 15 is 0 Å². The van der Waals surface area contributed by atoms with Gasteiger partial charge in [0.1, 0.15) is 6.04 Å². The third kappa shape index (κ3) is 5.60. The molecule has 0 aliphatic rings. The number of furan rings is 1. The quantitative estimate of drug-likeness (QED) is 0.551. The maximum absolute atomic E-state index is 12.8. The van der Waals surface area contributed by atoms with Gasteiger partial charge in [-0.3, -0.25) is 25.2 Å². The molecule has 31 heavy (non-hydrogen) atoms. The summed E-state index contributed by atoms with van der Waals surface area (Å²) in [7, 11) is 0. The molecule has 0 aliphatic heterocycles. The number of nitrogens with one attached hydrogen (secondary N) is 3. The van der Waals surface area contributed by atoms with Crippen LogP contribution in [0.1, 0.15) is 58.9 Å². The Hall–Kier alpha value is -3.87. The van der Waals surface area contributed by atoms with Crippen molar-refractivity contribution in [3.8, 4) is 0 Å². The number of amides is 3. The molecule has 1 aromatic heterocycles. The van der Waals surface area contributed by atoms with Gasteiger partial charge in [0.25, 0.3) is 17.7 Å². The van der Waals surface area contributed by atoms with Crippen molar-refractivity contribution in [1.29, 1.82) is 0 Å². The van der Waals surface area contributed by atoms with Crippen LogP contribution in [0.4, 0.5) is 0 Å². The summed E-state index contributed by atoms with van der Waals surface area (Å²) in [5.41, 5.74) is 6.82. The van der Waals surface area contributed by atoms with Crippen LogP contribution in [0.25, 0.3) is 0 Å². The zero-order valence-electron chi connectivity index (χ0n) is 17.6. The first-order valence-corrected chi connectivity index (χ1v) is 9.86. The van der Waals surface area contributed by atoms with Crippen LogP contribution in [-0.2, 0) is 10.2 Å². The van der Waals surface area contributed by atoms with Crippen LogP contribution < -0.4 is 16.2 Å². The monoisotopic (exact) mass is 419 g/mol. The van der Waals surface area contributed by atoms with Crippen molar-refractivity contribution in [2.24, 2.45) is 0 Å². The number of carbonyl (C=O) groups is 3. The van der Waals surface area contributed by atoms with Crippen molar-refractivity contribution in [2.75, 3.05) is 0 Å². The average Bonchev–Trinajstić information content (AvgIpc) is 3.30. The fourth-order valence-corrected chi connectivity index (χ4v) is 2.94. The molecule has 0 fully saturated rings. The van der Waals surface area contributed by atoms with Crippen LogP contribution in [-0.4, -0.2) is 17.7 Å². The summed E-state index contributed by atoms with van der Waals surface area (Å²) in [6.45, 7) is 6.26. The minimum absolute atomic E-state index is 0.0294. The molecular formula is C24H25N3O4. The molecule has 3 aromatic rings. The van der Waals surface area contributed by atoms with Crippen molar-refractivity contribution in [3.63, 3.8) is 0 Å². The lowest BCUT2D eigenvalue weighted by Crippen LogP contribution is -2.48. The van der Waals surface area contributed by atoms with E-state index in [2.05, 4.69) is 36.9 Å². The molecule has 0 saturated heterocycles. The van der Waals surface area contributed by atoms with Crippen molar-refractivity contribution in [2.45, 2.75) is 32.2 Å². The van der Waals surface area contributed by atoms with Crippen LogP contribution in [0.2, 0.25) is 0 Å². The van der Waals surface area contributed by atoms with Crippen LogP contribution in [0, 0.1) is 0 Å². The van der Waals surface area contributed by atoms with Gasteiger partial charge >= 0.3 is 0 Å². The van der Waals surface area contributed by atoms with Crippen LogP contribution in [0.3, 0.4) is 0 Å². The first-order valence-electron chi connectivity index (χ1n) is 9.86. The topological polar surface area (TPSA) is 100 Å². The molecule has 3 rings (SSSR count). The second-order valence-electron chi connectivity index (χ2n) is 8.07. The molecule has 7 nitrogen and oxygen atoms in total. The average molecular weight is 419 g/mol. The lowest BCUT2D eigenvalue weighted by molar-refractivity contribution is -0.123. The van der Waals surface area contributed by atoms with Gasteiger partial charge in [-0.05, 0) is 40.8 Å². The van der Waals surface area contributed by atoms with Crippen molar-refractivity contribution < 1.29 is 18.8 Å². The third-order valence-corrected chi connectivity index (χ3v) is 4.73. The van der Waals surface area contributed by atoms with Gasteiger partial charge < -0.3 is 9.73 Å². The molecule has 3 amide bonds. The van der Waals surface area contributed by atoms with Gasteiger partial charge in [0.15, 0.2) is 5.76 Å². The summed E-state index contributed by atoms with van der Waals surface area (Å²) in [5, 5.41) is 2.63. The molecule has 1 atom stereocenters. The number of hydrazine groups is 1. The van der Waals surface area contributed by atoms with Gasteiger partial charge in [0.2, 0.25) is 0 Å². The Morgan fingerprint density at radius 2 is 1.48 bits per heavy atom. The first-order chi connectivity index (χ1) is 14.8. The summed E-state index contributed by atoms with van der Waals surface area (Å²) in [6.07, 6.45) is 1.37. The lowest BCUT2D eigenvalue weighted by Gasteiger charge is -2.20. The normalized spacial score (nSPS) is 12.0. The van der Waals surface area contributed by atoms with Crippen molar-refractivity contribution in [1.82, 2.24) is 16.2 Å². The molecule has 7 heteroatoms. The fourth-order valence-electron chi connectivity index (χ4n) is 2.94. The summed E-state index contributed by atoms with van der Waals surface area (Å²) in [5.74, 6) is -1.52. The zero-order chi connectivity index (χ0) is 22.4. The van der Waals surface area contributed by atoms with E-state index in [4.69, 9.17) is 4.42 Å². The van der Waals surface area contributed by atoms with Gasteiger partial charge in [-0.2, -0.15) is 0 Å². The summed E-state index contributed by atoms with van der Waals surface area (Å²) < 4.78 is 5.09. The smallest absolute Gasteiger partial charge is 0.287 e. The minimum Gasteiger partial charge on any atom is -0.459 e. The molecule has 0 spiro atoms. The van der Waals surface area contributed by atoms with E-state index in [0.717, 1.165) is 5.56 Å². The van der Waals surface area contributed by atoms with Gasteiger partial charge in [-0.1, -0.05) is 63.2 Å². The van der Waals surface area contributed by atoms with E-state index in [-0.39, 0.29) is 11.2 Å². The largest absolute Gasteiger partial charge is 0.459 e. The van der Waals surface area contributed by atoms with Crippen molar-refractivity contribution >= 4 is 17.7 Å². The Labute approximate surface area is 180 Å². The second-order valence-corrected chi connectivity index (χ2v) is 8.07. The Balaban J connectivity index is 1.68. The molecule has 3 N–H and O–H groups in total. The highest BCUT2D eigenvalue weighted by Gasteiger charge is 2.25. The summed E-state index contributed by atoms with van der Waals surface area (Å²) >= 11 is 0. The SMILES string of the molecule is CC(C)(C)c1ccc(C(=O)NNC(=O)C(NC(=O)c2ccco2)c2ccccc2)cc1. The number of hydrogen-bond acceptors (Lipinski definition) is 4. The van der Waals surface area contributed by atoms with Crippen LogP contribution >= 0.6 is 0 Å². The number of benzene rings is 2. The van der Waals surface area contributed by atoms with Gasteiger partial charge in [-0.15, -0.1) is 0 Å². The Bertz CT molecular complexity index is 1040. The minimum atomic E-state index is -1.03. The predicted octanol–water partition coefficient (Wildman–Crippen LogP) is 3.51. The number of rotatable bonds is 5. The van der Waals surface area contributed by atoms with Crippen LogP contribution in [0.15, 0.2) is 77.4 Å². The van der Waals surface area contributed by atoms with E-state index in [1.807, 2.05) is 12.1 Å². The summed E-state index contributed by atoms with van der Waals surface area (Å²) in [6, 6.07) is 18.0. The zero-order valence-corrected chi connectivity index (χ0v) is 17.6. The molecule has 2 aromatic carbocycles. The molecule has 0 radical (unpaired) electrons. The Morgan fingerprint density at radius 3 is 2.06 bits per heavy atom. The highest BCUT2D eigenvalue weighted by atomic mass is 16.3. The third-order valence-electron chi connectivity index (χ3n) is 4.73. The molecule has 160 valence electrons. The fraction of sp³-hybridized carbons (Fsp3) is 0.208. The van der Waals surface area contributed by atoms with E-state index in [1.54, 1.807) is 48.5 Å². The Kier molecular flexibility index (Phi) is 6.55. The van der Waals surface area contributed by atoms with Gasteiger partial charge in [0.05, 0.1) is 6.26 Å². The van der Waals surface area contributed by atoms with Gasteiger partial charge in [0, 0.05) is 5.56 Å². The number of carbonyl (C=O) groups excluding carboxylic acids is 3. The summed E-state index contributed by atoms with van der Waals surface area (Å²) in [4.78, 5) is 37.6. The maximum Gasteiger partial charge on any atom is 0.287 e. The molecule has 1 heterocycles.